The number of hydrazone groups is 1. The third-order valence-corrected chi connectivity index (χ3v) is 6.02. The highest BCUT2D eigenvalue weighted by molar-refractivity contribution is 6.06. The van der Waals surface area contributed by atoms with Gasteiger partial charge in [-0.25, -0.2) is 5.01 Å². The SMILES string of the molecule is CCOc1cc(C2=NN(Cc3ccc(NC(=O)c4ccccn4)cc3)C(=O)CC2CC)ccc1OC. The number of ether oxygens (including phenoxy) is 2. The Morgan fingerprint density at radius 2 is 1.89 bits per heavy atom. The normalized spacial score (nSPS) is 15.3. The van der Waals surface area contributed by atoms with Gasteiger partial charge in [-0.3, -0.25) is 14.6 Å². The summed E-state index contributed by atoms with van der Waals surface area (Å²) in [5.74, 6) is 1.05. The van der Waals surface area contributed by atoms with Crippen LogP contribution in [0.1, 0.15) is 48.3 Å². The molecule has 2 heterocycles. The van der Waals surface area contributed by atoms with E-state index in [1.807, 2.05) is 49.4 Å². The molecule has 0 saturated carbocycles. The molecule has 0 fully saturated rings. The largest absolute Gasteiger partial charge is 0.493 e. The predicted octanol–water partition coefficient (Wildman–Crippen LogP) is 4.90. The van der Waals surface area contributed by atoms with Crippen molar-refractivity contribution in [2.45, 2.75) is 33.2 Å². The summed E-state index contributed by atoms with van der Waals surface area (Å²) in [4.78, 5) is 29.3. The molecule has 1 aliphatic heterocycles. The summed E-state index contributed by atoms with van der Waals surface area (Å²) in [6.45, 7) is 4.84. The molecule has 0 saturated heterocycles. The first kappa shape index (κ1) is 24.9. The summed E-state index contributed by atoms with van der Waals surface area (Å²) in [5, 5.41) is 9.13. The van der Waals surface area contributed by atoms with Crippen molar-refractivity contribution in [1.29, 1.82) is 0 Å². The number of nitrogens with zero attached hydrogens (tertiary/aromatic N) is 3. The van der Waals surface area contributed by atoms with Crippen molar-refractivity contribution in [3.8, 4) is 11.5 Å². The van der Waals surface area contributed by atoms with Crippen LogP contribution in [0.2, 0.25) is 0 Å². The molecule has 1 aliphatic rings. The molecule has 3 aromatic rings. The summed E-state index contributed by atoms with van der Waals surface area (Å²) >= 11 is 0. The standard InChI is InChI=1S/C28H30N4O4/c1-4-20-17-26(33)32(31-27(20)21-11-14-24(35-3)25(16-21)36-5-2)18-19-9-12-22(13-10-19)30-28(34)23-8-6-7-15-29-23/h6-16,20H,4-5,17-18H2,1-3H3,(H,30,34). The van der Waals surface area contributed by atoms with Gasteiger partial charge in [0.15, 0.2) is 11.5 Å². The zero-order chi connectivity index (χ0) is 25.5. The maximum Gasteiger partial charge on any atom is 0.274 e. The Labute approximate surface area is 210 Å². The molecule has 0 radical (unpaired) electrons. The highest BCUT2D eigenvalue weighted by atomic mass is 16.5. The molecule has 186 valence electrons. The summed E-state index contributed by atoms with van der Waals surface area (Å²) in [5.41, 5.74) is 3.67. The number of nitrogens with one attached hydrogen (secondary N) is 1. The highest BCUT2D eigenvalue weighted by Gasteiger charge is 2.29. The second-order valence-corrected chi connectivity index (χ2v) is 8.41. The van der Waals surface area contributed by atoms with Crippen molar-refractivity contribution < 1.29 is 19.1 Å². The van der Waals surface area contributed by atoms with Gasteiger partial charge in [-0.2, -0.15) is 5.10 Å². The van der Waals surface area contributed by atoms with Crippen LogP contribution in [-0.2, 0) is 11.3 Å². The van der Waals surface area contributed by atoms with Gasteiger partial charge in [-0.1, -0.05) is 25.1 Å². The maximum atomic E-state index is 12.9. The van der Waals surface area contributed by atoms with E-state index in [1.165, 1.54) is 5.01 Å². The van der Waals surface area contributed by atoms with E-state index >= 15 is 0 Å². The Bertz CT molecular complexity index is 1240. The smallest absolute Gasteiger partial charge is 0.274 e. The van der Waals surface area contributed by atoms with Crippen LogP contribution in [0.5, 0.6) is 11.5 Å². The number of hydrogen-bond donors (Lipinski definition) is 1. The van der Waals surface area contributed by atoms with E-state index in [0.717, 1.165) is 23.3 Å². The number of pyridine rings is 1. The lowest BCUT2D eigenvalue weighted by atomic mass is 9.89. The van der Waals surface area contributed by atoms with Crippen LogP contribution in [-0.4, -0.2) is 41.2 Å². The van der Waals surface area contributed by atoms with Crippen LogP contribution in [0.15, 0.2) is 72.0 Å². The van der Waals surface area contributed by atoms with Gasteiger partial charge < -0.3 is 14.8 Å². The molecule has 1 aromatic heterocycles. The molecule has 1 N–H and O–H groups in total. The lowest BCUT2D eigenvalue weighted by Gasteiger charge is -2.29. The summed E-state index contributed by atoms with van der Waals surface area (Å²) in [7, 11) is 1.61. The van der Waals surface area contributed by atoms with Gasteiger partial charge in [0, 0.05) is 29.8 Å². The zero-order valence-corrected chi connectivity index (χ0v) is 20.7. The van der Waals surface area contributed by atoms with Gasteiger partial charge in [-0.05, 0) is 61.4 Å². The van der Waals surface area contributed by atoms with Gasteiger partial charge in [0.25, 0.3) is 5.91 Å². The first-order chi connectivity index (χ1) is 17.5. The lowest BCUT2D eigenvalue weighted by Crippen LogP contribution is -2.36. The van der Waals surface area contributed by atoms with Gasteiger partial charge in [0.1, 0.15) is 5.69 Å². The Hall–Kier alpha value is -4.20. The van der Waals surface area contributed by atoms with E-state index in [-0.39, 0.29) is 17.7 Å². The minimum Gasteiger partial charge on any atom is -0.493 e. The molecule has 4 rings (SSSR count). The minimum atomic E-state index is -0.277. The minimum absolute atomic E-state index is 0.0170. The number of benzene rings is 2. The topological polar surface area (TPSA) is 93.1 Å². The van der Waals surface area contributed by atoms with E-state index < -0.39 is 0 Å². The van der Waals surface area contributed by atoms with Gasteiger partial charge >= 0.3 is 0 Å². The van der Waals surface area contributed by atoms with Crippen LogP contribution in [0.4, 0.5) is 5.69 Å². The van der Waals surface area contributed by atoms with Crippen LogP contribution in [0, 0.1) is 5.92 Å². The first-order valence-corrected chi connectivity index (χ1v) is 12.0. The summed E-state index contributed by atoms with van der Waals surface area (Å²) in [6.07, 6.45) is 2.78. The first-order valence-electron chi connectivity index (χ1n) is 12.0. The highest BCUT2D eigenvalue weighted by Crippen LogP contribution is 2.32. The maximum absolute atomic E-state index is 12.9. The van der Waals surface area contributed by atoms with Gasteiger partial charge in [0.05, 0.1) is 26.0 Å². The number of methoxy groups -OCH3 is 1. The van der Waals surface area contributed by atoms with Crippen molar-refractivity contribution in [3.05, 3.63) is 83.7 Å². The molecule has 0 spiro atoms. The summed E-state index contributed by atoms with van der Waals surface area (Å²) in [6, 6.07) is 18.3. The third kappa shape index (κ3) is 5.71. The van der Waals surface area contributed by atoms with E-state index in [4.69, 9.17) is 14.6 Å². The number of carbonyl (C=O) groups excluding carboxylic acids is 2. The molecule has 0 aliphatic carbocycles. The van der Waals surface area contributed by atoms with Gasteiger partial charge in [-0.15, -0.1) is 0 Å². The van der Waals surface area contributed by atoms with Crippen molar-refractivity contribution in [1.82, 2.24) is 9.99 Å². The van der Waals surface area contributed by atoms with Crippen molar-refractivity contribution in [3.63, 3.8) is 0 Å². The average Bonchev–Trinajstić information content (AvgIpc) is 2.91. The van der Waals surface area contributed by atoms with Crippen LogP contribution >= 0.6 is 0 Å². The van der Waals surface area contributed by atoms with Crippen LogP contribution in [0.3, 0.4) is 0 Å². The van der Waals surface area contributed by atoms with Crippen molar-refractivity contribution >= 4 is 23.2 Å². The van der Waals surface area contributed by atoms with E-state index in [2.05, 4.69) is 17.2 Å². The van der Waals surface area contributed by atoms with E-state index in [0.29, 0.717) is 42.5 Å². The molecule has 2 aromatic carbocycles. The van der Waals surface area contributed by atoms with Crippen molar-refractivity contribution in [2.24, 2.45) is 11.0 Å². The van der Waals surface area contributed by atoms with Crippen LogP contribution < -0.4 is 14.8 Å². The number of rotatable bonds is 9. The third-order valence-electron chi connectivity index (χ3n) is 6.02. The average molecular weight is 487 g/mol. The molecule has 8 heteroatoms. The fourth-order valence-corrected chi connectivity index (χ4v) is 4.10. The predicted molar refractivity (Wildman–Crippen MR) is 138 cm³/mol. The fourth-order valence-electron chi connectivity index (χ4n) is 4.10. The molecule has 36 heavy (non-hydrogen) atoms. The number of amides is 2. The van der Waals surface area contributed by atoms with Gasteiger partial charge in [0.2, 0.25) is 5.91 Å². The molecule has 2 amide bonds. The number of hydrogen-bond acceptors (Lipinski definition) is 6. The molecule has 1 unspecified atom stereocenters. The Morgan fingerprint density at radius 3 is 2.56 bits per heavy atom. The number of anilines is 1. The van der Waals surface area contributed by atoms with Crippen molar-refractivity contribution in [2.75, 3.05) is 19.0 Å². The van der Waals surface area contributed by atoms with E-state index in [1.54, 1.807) is 31.5 Å². The molecule has 8 nitrogen and oxygen atoms in total. The lowest BCUT2D eigenvalue weighted by molar-refractivity contribution is -0.133. The zero-order valence-electron chi connectivity index (χ0n) is 20.7. The fraction of sp³-hybridized carbons (Fsp3) is 0.286. The number of carbonyl (C=O) groups is 2. The summed E-state index contributed by atoms with van der Waals surface area (Å²) < 4.78 is 11.2. The molecular formula is C28H30N4O4. The van der Waals surface area contributed by atoms with Crippen LogP contribution in [0.25, 0.3) is 0 Å². The Morgan fingerprint density at radius 1 is 1.08 bits per heavy atom. The molecular weight excluding hydrogens is 456 g/mol. The van der Waals surface area contributed by atoms with E-state index in [9.17, 15) is 9.59 Å². The quantitative estimate of drug-likeness (QED) is 0.464. The Balaban J connectivity index is 1.52. The number of aromatic nitrogens is 1. The molecule has 0 bridgehead atoms. The molecule has 1 atom stereocenters. The second kappa shape index (κ2) is 11.5. The monoisotopic (exact) mass is 486 g/mol. The Kier molecular flexibility index (Phi) is 7.95. The second-order valence-electron chi connectivity index (χ2n) is 8.41.